The molecule has 2 amide bonds. The van der Waals surface area contributed by atoms with Crippen LogP contribution >= 0.6 is 0 Å². The van der Waals surface area contributed by atoms with Gasteiger partial charge in [-0.3, -0.25) is 14.7 Å². The zero-order chi connectivity index (χ0) is 13.8. The lowest BCUT2D eigenvalue weighted by molar-refractivity contribution is -0.136. The summed E-state index contributed by atoms with van der Waals surface area (Å²) in [5, 5.41) is 8.48. The maximum absolute atomic E-state index is 12.1. The van der Waals surface area contributed by atoms with E-state index >= 15 is 0 Å². The number of nitrogen functional groups attached to an aromatic ring is 1. The lowest BCUT2D eigenvalue weighted by Crippen LogP contribution is -2.50. The third kappa shape index (κ3) is 3.19. The first-order valence-corrected chi connectivity index (χ1v) is 5.93. The number of nitrogens with two attached hydrogens (primary N) is 1. The number of ether oxygens (including phenoxy) is 1. The Balaban J connectivity index is 1.91. The monoisotopic (exact) mass is 268 g/mol. The Labute approximate surface area is 109 Å². The minimum absolute atomic E-state index is 0.0147. The van der Waals surface area contributed by atoms with Gasteiger partial charge in [0.1, 0.15) is 6.04 Å². The smallest absolute Gasteiger partial charge is 0.289 e. The number of anilines is 1. The van der Waals surface area contributed by atoms with Gasteiger partial charge in [0.05, 0.1) is 13.2 Å². The van der Waals surface area contributed by atoms with Crippen molar-refractivity contribution in [1.29, 1.82) is 0 Å². The first-order valence-electron chi connectivity index (χ1n) is 5.93. The molecule has 0 saturated carbocycles. The number of nitrogens with one attached hydrogen (secondary N) is 2. The number of nitrogens with zero attached hydrogens (tertiary/aromatic N) is 3. The SMILES string of the molecule is CC(NC(=O)c1nc(N)n[nH]1)C(=O)N1CCOCC1. The summed E-state index contributed by atoms with van der Waals surface area (Å²) in [6.45, 7) is 3.73. The van der Waals surface area contributed by atoms with E-state index in [2.05, 4.69) is 20.5 Å². The van der Waals surface area contributed by atoms with Crippen LogP contribution in [0.1, 0.15) is 17.5 Å². The average Bonchev–Trinajstić information content (AvgIpc) is 2.85. The van der Waals surface area contributed by atoms with Crippen molar-refractivity contribution in [2.45, 2.75) is 13.0 Å². The van der Waals surface area contributed by atoms with E-state index < -0.39 is 11.9 Å². The Kier molecular flexibility index (Phi) is 3.95. The van der Waals surface area contributed by atoms with E-state index in [1.54, 1.807) is 11.8 Å². The fraction of sp³-hybridized carbons (Fsp3) is 0.600. The summed E-state index contributed by atoms with van der Waals surface area (Å²) >= 11 is 0. The molecule has 1 aromatic heterocycles. The molecule has 1 atom stereocenters. The average molecular weight is 268 g/mol. The van der Waals surface area contributed by atoms with E-state index in [-0.39, 0.29) is 17.7 Å². The lowest BCUT2D eigenvalue weighted by Gasteiger charge is -2.29. The van der Waals surface area contributed by atoms with E-state index in [4.69, 9.17) is 10.5 Å². The van der Waals surface area contributed by atoms with Crippen LogP contribution in [0.15, 0.2) is 0 Å². The molecule has 2 heterocycles. The molecular formula is C10H16N6O3. The van der Waals surface area contributed by atoms with Gasteiger partial charge in [0, 0.05) is 13.1 Å². The summed E-state index contributed by atoms with van der Waals surface area (Å²) in [7, 11) is 0. The van der Waals surface area contributed by atoms with E-state index in [1.165, 1.54) is 0 Å². The van der Waals surface area contributed by atoms with E-state index in [0.717, 1.165) is 0 Å². The number of rotatable bonds is 3. The van der Waals surface area contributed by atoms with Crippen LogP contribution in [-0.4, -0.2) is 64.2 Å². The number of hydrogen-bond acceptors (Lipinski definition) is 6. The fourth-order valence-electron chi connectivity index (χ4n) is 1.76. The van der Waals surface area contributed by atoms with Crippen molar-refractivity contribution in [3.8, 4) is 0 Å². The largest absolute Gasteiger partial charge is 0.378 e. The highest BCUT2D eigenvalue weighted by Crippen LogP contribution is 2.01. The maximum Gasteiger partial charge on any atom is 0.289 e. The number of morpholine rings is 1. The van der Waals surface area contributed by atoms with Crippen LogP contribution in [0.25, 0.3) is 0 Å². The van der Waals surface area contributed by atoms with Crippen molar-refractivity contribution in [1.82, 2.24) is 25.4 Å². The molecule has 1 aromatic rings. The van der Waals surface area contributed by atoms with Crippen molar-refractivity contribution in [2.75, 3.05) is 32.0 Å². The van der Waals surface area contributed by atoms with Crippen LogP contribution in [0.3, 0.4) is 0 Å². The van der Waals surface area contributed by atoms with E-state index in [9.17, 15) is 9.59 Å². The first-order chi connectivity index (χ1) is 9.08. The molecule has 0 aliphatic carbocycles. The number of carbonyl (C=O) groups is 2. The summed E-state index contributed by atoms with van der Waals surface area (Å²) in [5.41, 5.74) is 5.30. The van der Waals surface area contributed by atoms with Gasteiger partial charge in [0.15, 0.2) is 0 Å². The highest BCUT2D eigenvalue weighted by Gasteiger charge is 2.24. The van der Waals surface area contributed by atoms with E-state index in [0.29, 0.717) is 26.3 Å². The normalized spacial score (nSPS) is 17.0. The van der Waals surface area contributed by atoms with Gasteiger partial charge in [-0.1, -0.05) is 0 Å². The van der Waals surface area contributed by atoms with Gasteiger partial charge in [-0.2, -0.15) is 4.98 Å². The van der Waals surface area contributed by atoms with Gasteiger partial charge in [0.2, 0.25) is 17.7 Å². The maximum atomic E-state index is 12.1. The lowest BCUT2D eigenvalue weighted by atomic mass is 10.2. The van der Waals surface area contributed by atoms with Crippen LogP contribution in [0.2, 0.25) is 0 Å². The molecule has 1 aliphatic heterocycles. The predicted octanol–water partition coefficient (Wildman–Crippen LogP) is -1.64. The molecular weight excluding hydrogens is 252 g/mol. The minimum atomic E-state index is -0.642. The molecule has 0 bridgehead atoms. The second-order valence-corrected chi connectivity index (χ2v) is 4.18. The standard InChI is InChI=1S/C10H16N6O3/c1-6(9(18)16-2-4-19-5-3-16)12-8(17)7-13-10(11)15-14-7/h6H,2-5H2,1H3,(H,12,17)(H3,11,13,14,15). The van der Waals surface area contributed by atoms with Gasteiger partial charge in [-0.05, 0) is 6.92 Å². The number of hydrogen-bond donors (Lipinski definition) is 3. The molecule has 1 unspecified atom stereocenters. The third-order valence-electron chi connectivity index (χ3n) is 2.76. The molecule has 9 nitrogen and oxygen atoms in total. The quantitative estimate of drug-likeness (QED) is 0.603. The van der Waals surface area contributed by atoms with Gasteiger partial charge >= 0.3 is 0 Å². The fourth-order valence-corrected chi connectivity index (χ4v) is 1.76. The molecule has 1 saturated heterocycles. The predicted molar refractivity (Wildman–Crippen MR) is 65.1 cm³/mol. The minimum Gasteiger partial charge on any atom is -0.378 e. The van der Waals surface area contributed by atoms with Crippen LogP contribution < -0.4 is 11.1 Å². The van der Waals surface area contributed by atoms with Crippen molar-refractivity contribution in [2.24, 2.45) is 0 Å². The topological polar surface area (TPSA) is 126 Å². The van der Waals surface area contributed by atoms with Gasteiger partial charge < -0.3 is 20.7 Å². The molecule has 0 aromatic carbocycles. The van der Waals surface area contributed by atoms with Crippen molar-refractivity contribution in [3.05, 3.63) is 5.82 Å². The Morgan fingerprint density at radius 3 is 2.74 bits per heavy atom. The molecule has 4 N–H and O–H groups in total. The van der Waals surface area contributed by atoms with Gasteiger partial charge in [-0.25, -0.2) is 0 Å². The Morgan fingerprint density at radius 1 is 1.47 bits per heavy atom. The van der Waals surface area contributed by atoms with Gasteiger partial charge in [-0.15, -0.1) is 5.10 Å². The summed E-state index contributed by atoms with van der Waals surface area (Å²) < 4.78 is 5.16. The molecule has 1 fully saturated rings. The highest BCUT2D eigenvalue weighted by atomic mass is 16.5. The van der Waals surface area contributed by atoms with Crippen LogP contribution in [0.5, 0.6) is 0 Å². The zero-order valence-corrected chi connectivity index (χ0v) is 10.5. The zero-order valence-electron chi connectivity index (χ0n) is 10.5. The van der Waals surface area contributed by atoms with Crippen molar-refractivity contribution in [3.63, 3.8) is 0 Å². The Morgan fingerprint density at radius 2 is 2.16 bits per heavy atom. The first kappa shape index (κ1) is 13.3. The molecule has 0 spiro atoms. The molecule has 9 heteroatoms. The van der Waals surface area contributed by atoms with Crippen molar-refractivity contribution >= 4 is 17.8 Å². The number of aromatic amines is 1. The molecule has 19 heavy (non-hydrogen) atoms. The highest BCUT2D eigenvalue weighted by molar-refractivity contribution is 5.94. The Hall–Kier alpha value is -2.16. The number of H-pyrrole nitrogens is 1. The second-order valence-electron chi connectivity index (χ2n) is 4.18. The molecule has 0 radical (unpaired) electrons. The summed E-state index contributed by atoms with van der Waals surface area (Å²) in [6, 6.07) is -0.642. The van der Waals surface area contributed by atoms with Crippen LogP contribution in [0, 0.1) is 0 Å². The number of carbonyl (C=O) groups excluding carboxylic acids is 2. The summed E-state index contributed by atoms with van der Waals surface area (Å²) in [4.78, 5) is 29.2. The molecule has 2 rings (SSSR count). The summed E-state index contributed by atoms with van der Waals surface area (Å²) in [5.74, 6) is -0.695. The van der Waals surface area contributed by atoms with E-state index in [1.807, 2.05) is 0 Å². The Bertz CT molecular complexity index is 468. The molecule has 104 valence electrons. The number of amides is 2. The third-order valence-corrected chi connectivity index (χ3v) is 2.76. The second kappa shape index (κ2) is 5.65. The van der Waals surface area contributed by atoms with Gasteiger partial charge in [0.25, 0.3) is 5.91 Å². The molecule has 1 aliphatic rings. The number of aromatic nitrogens is 3. The van der Waals surface area contributed by atoms with Crippen LogP contribution in [-0.2, 0) is 9.53 Å². The summed E-state index contributed by atoms with van der Waals surface area (Å²) in [6.07, 6.45) is 0. The van der Waals surface area contributed by atoms with Crippen molar-refractivity contribution < 1.29 is 14.3 Å². The van der Waals surface area contributed by atoms with Crippen LogP contribution in [0.4, 0.5) is 5.95 Å².